The molecule has 1 aromatic rings. The molecule has 0 saturated carbocycles. The van der Waals surface area contributed by atoms with Gasteiger partial charge in [0.05, 0.1) is 14.2 Å². The van der Waals surface area contributed by atoms with Crippen molar-refractivity contribution in [3.63, 3.8) is 0 Å². The number of ether oxygens (including phenoxy) is 2. The molecule has 4 heteroatoms. The Bertz CT molecular complexity index is 352. The monoisotopic (exact) mass is 223 g/mol. The number of hydrogen-bond acceptors (Lipinski definition) is 4. The van der Waals surface area contributed by atoms with Crippen molar-refractivity contribution in [3.8, 4) is 5.75 Å². The molecular formula is C12H17NO3. The van der Waals surface area contributed by atoms with Crippen molar-refractivity contribution in [2.24, 2.45) is 5.73 Å². The molecule has 0 fully saturated rings. The first-order valence-corrected chi connectivity index (χ1v) is 5.14. The van der Waals surface area contributed by atoms with Gasteiger partial charge in [0.25, 0.3) is 0 Å². The fraction of sp³-hybridized carbons (Fsp3) is 0.417. The summed E-state index contributed by atoms with van der Waals surface area (Å²) in [6, 6.07) is 7.33. The number of hydrogen-bond donors (Lipinski definition) is 1. The van der Waals surface area contributed by atoms with Crippen LogP contribution in [0.5, 0.6) is 5.75 Å². The summed E-state index contributed by atoms with van der Waals surface area (Å²) in [5.41, 5.74) is 6.90. The van der Waals surface area contributed by atoms with Crippen LogP contribution in [0.2, 0.25) is 0 Å². The van der Waals surface area contributed by atoms with E-state index in [4.69, 9.17) is 10.5 Å². The highest BCUT2D eigenvalue weighted by Crippen LogP contribution is 2.25. The number of para-hydroxylation sites is 1. The second-order valence-electron chi connectivity index (χ2n) is 3.46. The van der Waals surface area contributed by atoms with E-state index in [1.165, 1.54) is 7.11 Å². The van der Waals surface area contributed by atoms with Gasteiger partial charge in [0.15, 0.2) is 0 Å². The molecule has 0 bridgehead atoms. The topological polar surface area (TPSA) is 61.5 Å². The number of carbonyl (C=O) groups is 1. The fourth-order valence-electron chi connectivity index (χ4n) is 1.50. The summed E-state index contributed by atoms with van der Waals surface area (Å²) in [6.45, 7) is 0. The Morgan fingerprint density at radius 1 is 1.38 bits per heavy atom. The first kappa shape index (κ1) is 12.5. The summed E-state index contributed by atoms with van der Waals surface area (Å²) >= 11 is 0. The van der Waals surface area contributed by atoms with Crippen molar-refractivity contribution in [2.45, 2.75) is 18.9 Å². The van der Waals surface area contributed by atoms with Gasteiger partial charge in [-0.3, -0.25) is 4.79 Å². The molecule has 0 aliphatic rings. The Labute approximate surface area is 95.3 Å². The Kier molecular flexibility index (Phi) is 4.79. The zero-order valence-corrected chi connectivity index (χ0v) is 9.60. The van der Waals surface area contributed by atoms with Crippen LogP contribution in [-0.2, 0) is 9.53 Å². The van der Waals surface area contributed by atoms with E-state index in [0.717, 1.165) is 11.3 Å². The predicted molar refractivity (Wildman–Crippen MR) is 61.2 cm³/mol. The number of rotatable bonds is 5. The summed E-state index contributed by atoms with van der Waals surface area (Å²) in [7, 11) is 2.98. The highest BCUT2D eigenvalue weighted by Gasteiger charge is 2.13. The van der Waals surface area contributed by atoms with Crippen LogP contribution < -0.4 is 10.5 Å². The highest BCUT2D eigenvalue weighted by atomic mass is 16.5. The number of benzene rings is 1. The predicted octanol–water partition coefficient (Wildman–Crippen LogP) is 1.65. The van der Waals surface area contributed by atoms with Crippen molar-refractivity contribution in [3.05, 3.63) is 29.8 Å². The van der Waals surface area contributed by atoms with Crippen molar-refractivity contribution in [2.75, 3.05) is 14.2 Å². The fourth-order valence-corrected chi connectivity index (χ4v) is 1.50. The maximum atomic E-state index is 11.0. The standard InChI is InChI=1S/C12H17NO3/c1-15-11-6-4-3-5-9(11)10(13)7-8-12(14)16-2/h3-6,10H,7-8,13H2,1-2H3. The van der Waals surface area contributed by atoms with E-state index in [-0.39, 0.29) is 12.0 Å². The third-order valence-corrected chi connectivity index (χ3v) is 2.43. The van der Waals surface area contributed by atoms with Crippen LogP contribution in [0.15, 0.2) is 24.3 Å². The van der Waals surface area contributed by atoms with Crippen LogP contribution in [0.1, 0.15) is 24.4 Å². The molecule has 0 amide bonds. The molecule has 1 rings (SSSR count). The maximum Gasteiger partial charge on any atom is 0.305 e. The minimum atomic E-state index is -0.245. The lowest BCUT2D eigenvalue weighted by Gasteiger charge is -2.14. The average molecular weight is 223 g/mol. The smallest absolute Gasteiger partial charge is 0.305 e. The normalized spacial score (nSPS) is 11.9. The minimum absolute atomic E-state index is 0.213. The number of esters is 1. The molecule has 1 atom stereocenters. The largest absolute Gasteiger partial charge is 0.496 e. The lowest BCUT2D eigenvalue weighted by atomic mass is 10.0. The van der Waals surface area contributed by atoms with Crippen molar-refractivity contribution < 1.29 is 14.3 Å². The molecule has 2 N–H and O–H groups in total. The Hall–Kier alpha value is -1.55. The third kappa shape index (κ3) is 3.24. The third-order valence-electron chi connectivity index (χ3n) is 2.43. The van der Waals surface area contributed by atoms with Crippen LogP contribution >= 0.6 is 0 Å². The van der Waals surface area contributed by atoms with Gasteiger partial charge in [0.2, 0.25) is 0 Å². The number of methoxy groups -OCH3 is 2. The minimum Gasteiger partial charge on any atom is -0.496 e. The highest BCUT2D eigenvalue weighted by molar-refractivity contribution is 5.69. The van der Waals surface area contributed by atoms with Crippen LogP contribution in [0.3, 0.4) is 0 Å². The first-order chi connectivity index (χ1) is 7.69. The Balaban J connectivity index is 2.65. The van der Waals surface area contributed by atoms with Crippen molar-refractivity contribution >= 4 is 5.97 Å². The van der Waals surface area contributed by atoms with E-state index in [2.05, 4.69) is 4.74 Å². The van der Waals surface area contributed by atoms with Gasteiger partial charge in [-0.25, -0.2) is 0 Å². The van der Waals surface area contributed by atoms with Gasteiger partial charge in [-0.15, -0.1) is 0 Å². The van der Waals surface area contributed by atoms with E-state index in [9.17, 15) is 4.79 Å². The molecule has 0 heterocycles. The molecule has 0 aromatic heterocycles. The molecular weight excluding hydrogens is 206 g/mol. The second kappa shape index (κ2) is 6.12. The molecule has 1 unspecified atom stereocenters. The number of carbonyl (C=O) groups excluding carboxylic acids is 1. The van der Waals surface area contributed by atoms with Gasteiger partial charge in [0.1, 0.15) is 5.75 Å². The summed E-state index contributed by atoms with van der Waals surface area (Å²) in [5, 5.41) is 0. The van der Waals surface area contributed by atoms with E-state index < -0.39 is 0 Å². The van der Waals surface area contributed by atoms with Crippen molar-refractivity contribution in [1.82, 2.24) is 0 Å². The van der Waals surface area contributed by atoms with Gasteiger partial charge in [-0.2, -0.15) is 0 Å². The molecule has 4 nitrogen and oxygen atoms in total. The molecule has 0 radical (unpaired) electrons. The molecule has 1 aromatic carbocycles. The van der Waals surface area contributed by atoms with Crippen LogP contribution in [-0.4, -0.2) is 20.2 Å². The first-order valence-electron chi connectivity index (χ1n) is 5.14. The van der Waals surface area contributed by atoms with E-state index >= 15 is 0 Å². The molecule has 0 saturated heterocycles. The maximum absolute atomic E-state index is 11.0. The summed E-state index contributed by atoms with van der Waals surface area (Å²) in [4.78, 5) is 11.0. The second-order valence-corrected chi connectivity index (χ2v) is 3.46. The van der Waals surface area contributed by atoms with Crippen LogP contribution in [0.4, 0.5) is 0 Å². The SMILES string of the molecule is COC(=O)CCC(N)c1ccccc1OC. The zero-order chi connectivity index (χ0) is 12.0. The molecule has 88 valence electrons. The molecule has 0 aliphatic heterocycles. The van der Waals surface area contributed by atoms with Gasteiger partial charge < -0.3 is 15.2 Å². The van der Waals surface area contributed by atoms with Crippen LogP contribution in [0, 0.1) is 0 Å². The quantitative estimate of drug-likeness (QED) is 0.771. The van der Waals surface area contributed by atoms with E-state index in [1.54, 1.807) is 7.11 Å². The summed E-state index contributed by atoms with van der Waals surface area (Å²) in [6.07, 6.45) is 0.864. The van der Waals surface area contributed by atoms with Gasteiger partial charge in [0, 0.05) is 18.0 Å². The lowest BCUT2D eigenvalue weighted by molar-refractivity contribution is -0.140. The summed E-state index contributed by atoms with van der Waals surface area (Å²) < 4.78 is 9.77. The molecule has 0 spiro atoms. The molecule has 16 heavy (non-hydrogen) atoms. The Morgan fingerprint density at radius 2 is 2.06 bits per heavy atom. The van der Waals surface area contributed by atoms with Crippen molar-refractivity contribution in [1.29, 1.82) is 0 Å². The van der Waals surface area contributed by atoms with E-state index in [1.807, 2.05) is 24.3 Å². The number of nitrogens with two attached hydrogens (primary N) is 1. The average Bonchev–Trinajstić information content (AvgIpc) is 2.35. The Morgan fingerprint density at radius 3 is 2.69 bits per heavy atom. The van der Waals surface area contributed by atoms with Gasteiger partial charge >= 0.3 is 5.97 Å². The van der Waals surface area contributed by atoms with E-state index in [0.29, 0.717) is 12.8 Å². The zero-order valence-electron chi connectivity index (χ0n) is 9.60. The lowest BCUT2D eigenvalue weighted by Crippen LogP contribution is -2.14. The van der Waals surface area contributed by atoms with Gasteiger partial charge in [-0.1, -0.05) is 18.2 Å². The molecule has 0 aliphatic carbocycles. The van der Waals surface area contributed by atoms with Gasteiger partial charge in [-0.05, 0) is 12.5 Å². The van der Waals surface area contributed by atoms with Crippen LogP contribution in [0.25, 0.3) is 0 Å². The summed E-state index contributed by atoms with van der Waals surface area (Å²) in [5.74, 6) is 0.505.